The molecule has 6 aliphatic carbocycles. The van der Waals surface area contributed by atoms with Crippen LogP contribution in [0.3, 0.4) is 0 Å². The number of nitrogens with one attached hydrogen (secondary N) is 2. The first kappa shape index (κ1) is 42.7. The summed E-state index contributed by atoms with van der Waals surface area (Å²) >= 11 is 0. The van der Waals surface area contributed by atoms with E-state index < -0.39 is 11.1 Å². The van der Waals surface area contributed by atoms with Crippen molar-refractivity contribution in [3.05, 3.63) is 58.7 Å². The van der Waals surface area contributed by atoms with Gasteiger partial charge in [-0.15, -0.1) is 0 Å². The van der Waals surface area contributed by atoms with Crippen molar-refractivity contribution in [2.45, 2.75) is 174 Å². The molecule has 11 fully saturated rings. The second kappa shape index (κ2) is 15.3. The van der Waals surface area contributed by atoms with E-state index in [0.29, 0.717) is 30.2 Å². The minimum absolute atomic E-state index is 0.0560. The average molecular weight is 867 g/mol. The second-order valence-corrected chi connectivity index (χ2v) is 23.1. The molecule has 63 heavy (non-hydrogen) atoms. The zero-order valence-corrected chi connectivity index (χ0v) is 38.6. The summed E-state index contributed by atoms with van der Waals surface area (Å²) in [6.07, 6.45) is 18.2. The van der Waals surface area contributed by atoms with Crippen molar-refractivity contribution < 1.29 is 34.0 Å². The lowest BCUT2D eigenvalue weighted by Gasteiger charge is -2.71. The van der Waals surface area contributed by atoms with E-state index in [-0.39, 0.29) is 33.7 Å². The van der Waals surface area contributed by atoms with Gasteiger partial charge in [0.05, 0.1) is 30.0 Å². The number of nitrogens with zero attached hydrogens (tertiary/aromatic N) is 2. The van der Waals surface area contributed by atoms with Crippen molar-refractivity contribution in [1.82, 2.24) is 20.4 Å². The van der Waals surface area contributed by atoms with Crippen molar-refractivity contribution in [3.8, 4) is 11.5 Å². The number of carbonyl (C=O) groups excluding carboxylic acids is 1. The van der Waals surface area contributed by atoms with Crippen LogP contribution in [0.4, 0.5) is 4.79 Å². The predicted molar refractivity (Wildman–Crippen MR) is 241 cm³/mol. The predicted octanol–water partition coefficient (Wildman–Crippen LogP) is 7.27. The minimum Gasteiger partial charge on any atom is -0.508 e. The number of amides is 1. The summed E-state index contributed by atoms with van der Waals surface area (Å²) in [4.78, 5) is 18.3. The number of fused-ring (bicyclic) bond motifs is 6. The normalized spacial score (nSPS) is 39.3. The number of rotatable bonds is 6. The molecule has 1 amide bonds. The van der Waals surface area contributed by atoms with Gasteiger partial charge in [0.25, 0.3) is 0 Å². The number of aromatic hydroxyl groups is 2. The topological polar surface area (TPSA) is 125 Å². The number of ether oxygens (including phenoxy) is 4. The van der Waals surface area contributed by atoms with Gasteiger partial charge in [-0.2, -0.15) is 0 Å². The number of piperidine rings is 2. The van der Waals surface area contributed by atoms with Crippen LogP contribution >= 0.6 is 0 Å². The fourth-order valence-corrected chi connectivity index (χ4v) is 15.0. The van der Waals surface area contributed by atoms with Gasteiger partial charge >= 0.3 is 6.09 Å². The Morgan fingerprint density at radius 2 is 1.22 bits per heavy atom. The third-order valence-electron chi connectivity index (χ3n) is 18.2. The molecular weight excluding hydrogens is 793 g/mol. The SMILES string of the molecule is C1CCOC1.CC(C)(C)OC(=O)N[C@]12CC[C@@]3(OC1)[C@H]1Cc4ccc(O)cc4[C@@]3(CCN1CC1CC1)C2.CN[C@]12CC[C@@]3(OC1)[C@H]1Cc4ccc(O)cc4[C@@]3(CCN1CC1CC1)C2. The lowest BCUT2D eigenvalue weighted by atomic mass is 9.45. The molecule has 11 heteroatoms. The maximum Gasteiger partial charge on any atom is 0.408 e. The highest BCUT2D eigenvalue weighted by atomic mass is 16.6. The molecule has 4 saturated carbocycles. The van der Waals surface area contributed by atoms with E-state index in [0.717, 1.165) is 96.0 Å². The molecule has 4 N–H and O–H groups in total. The molecule has 15 rings (SSSR count). The van der Waals surface area contributed by atoms with Crippen LogP contribution in [-0.2, 0) is 42.6 Å². The van der Waals surface area contributed by atoms with E-state index in [4.69, 9.17) is 18.9 Å². The first-order valence-electron chi connectivity index (χ1n) is 24.9. The van der Waals surface area contributed by atoms with E-state index in [1.54, 1.807) is 0 Å². The van der Waals surface area contributed by atoms with Gasteiger partial charge in [-0.3, -0.25) is 9.80 Å². The molecule has 2 spiro atoms. The Hall–Kier alpha value is -2.93. The van der Waals surface area contributed by atoms with Gasteiger partial charge in [0, 0.05) is 54.8 Å². The first-order valence-corrected chi connectivity index (χ1v) is 24.9. The number of phenols is 2. The van der Waals surface area contributed by atoms with E-state index in [2.05, 4.69) is 45.7 Å². The van der Waals surface area contributed by atoms with Gasteiger partial charge in [-0.05, 0) is 202 Å². The molecule has 8 atom stereocenters. The summed E-state index contributed by atoms with van der Waals surface area (Å²) in [6.45, 7) is 13.7. The number of carbonyl (C=O) groups is 1. The number of phenolic OH excluding ortho intramolecular Hbond substituents is 2. The molecule has 11 nitrogen and oxygen atoms in total. The van der Waals surface area contributed by atoms with Gasteiger partial charge < -0.3 is 39.8 Å². The summed E-state index contributed by atoms with van der Waals surface area (Å²) in [7, 11) is 2.10. The Morgan fingerprint density at radius 3 is 1.63 bits per heavy atom. The average Bonchev–Trinajstić information content (AvgIpc) is 4.20. The second-order valence-electron chi connectivity index (χ2n) is 23.1. The van der Waals surface area contributed by atoms with Crippen molar-refractivity contribution in [2.24, 2.45) is 11.8 Å². The lowest BCUT2D eigenvalue weighted by molar-refractivity contribution is -0.262. The Kier molecular flexibility index (Phi) is 10.4. The van der Waals surface area contributed by atoms with Crippen LogP contribution in [0.5, 0.6) is 11.5 Å². The van der Waals surface area contributed by atoms with Gasteiger partial charge in [-0.1, -0.05) is 12.1 Å². The van der Waals surface area contributed by atoms with Crippen molar-refractivity contribution in [1.29, 1.82) is 0 Å². The van der Waals surface area contributed by atoms with Crippen LogP contribution in [0.2, 0.25) is 0 Å². The number of hydrogen-bond donors (Lipinski definition) is 4. The molecule has 7 heterocycles. The van der Waals surface area contributed by atoms with Crippen LogP contribution in [0.25, 0.3) is 0 Å². The zero-order chi connectivity index (χ0) is 43.5. The molecule has 7 aliphatic heterocycles. The highest BCUT2D eigenvalue weighted by molar-refractivity contribution is 5.69. The largest absolute Gasteiger partial charge is 0.508 e. The van der Waals surface area contributed by atoms with Crippen LogP contribution in [0, 0.1) is 11.8 Å². The monoisotopic (exact) mass is 867 g/mol. The van der Waals surface area contributed by atoms with Gasteiger partial charge in [0.15, 0.2) is 0 Å². The van der Waals surface area contributed by atoms with Crippen LogP contribution in [-0.4, -0.2) is 126 Å². The van der Waals surface area contributed by atoms with Crippen molar-refractivity contribution in [3.63, 3.8) is 0 Å². The molecule has 13 aliphatic rings. The fourth-order valence-electron chi connectivity index (χ4n) is 15.0. The molecule has 0 aromatic heterocycles. The fraction of sp³-hybridized carbons (Fsp3) is 0.750. The summed E-state index contributed by atoms with van der Waals surface area (Å²) in [5, 5.41) is 27.6. The highest BCUT2D eigenvalue weighted by Crippen LogP contribution is 2.66. The molecule has 2 aromatic rings. The van der Waals surface area contributed by atoms with Gasteiger partial charge in [-0.25, -0.2) is 4.79 Å². The molecule has 2 aromatic carbocycles. The number of likely N-dealkylation sites (N-methyl/N-ethyl adjacent to an activating group) is 1. The quantitative estimate of drug-likeness (QED) is 0.236. The lowest BCUT2D eigenvalue weighted by Crippen LogP contribution is -2.81. The number of hydrogen-bond acceptors (Lipinski definition) is 10. The smallest absolute Gasteiger partial charge is 0.408 e. The Labute approximate surface area is 375 Å². The van der Waals surface area contributed by atoms with Crippen LogP contribution in [0.15, 0.2) is 36.4 Å². The molecule has 0 radical (unpaired) electrons. The summed E-state index contributed by atoms with van der Waals surface area (Å²) in [5.74, 6) is 2.50. The highest BCUT2D eigenvalue weighted by Gasteiger charge is 2.73. The molecule has 7 saturated heterocycles. The minimum atomic E-state index is -0.532. The Balaban J connectivity index is 0.000000129. The summed E-state index contributed by atoms with van der Waals surface area (Å²) in [6, 6.07) is 12.9. The molecule has 0 unspecified atom stereocenters. The van der Waals surface area contributed by atoms with E-state index in [1.807, 2.05) is 39.0 Å². The molecular formula is C52H74N4O7. The number of alkyl carbamates (subject to hydrolysis) is 1. The number of benzene rings is 2. The summed E-state index contributed by atoms with van der Waals surface area (Å²) in [5.41, 5.74) is 4.14. The standard InChI is InChI=1S/C26H36N2O4.C22H30N2O2.C4H8O/c1-23(2,3)32-22(30)27-24-8-9-26(31-16-24)21-12-18-6-7-19(29)13-20(18)25(26,15-24)10-11-28(21)14-17-4-5-17;1-23-20-6-7-22(26-14-20)19-10-16-4-5-17(25)11-18(16)21(22,13-20)8-9-24(19)12-15-2-3-15;1-2-4-5-3-1/h6-7,13,17,21,29H,4-5,8-12,14-16H2,1-3H3,(H,27,30);4-5,11,15,19,23,25H,2-3,6-10,12-14H2,1H3;1-4H2/t21-,24+,25-,26-;19-,20+,21-,22-;/m11./s1. The Morgan fingerprint density at radius 1 is 0.730 bits per heavy atom. The van der Waals surface area contributed by atoms with Crippen LogP contribution < -0.4 is 10.6 Å². The first-order chi connectivity index (χ1) is 30.2. The van der Waals surface area contributed by atoms with E-state index in [9.17, 15) is 15.0 Å². The van der Waals surface area contributed by atoms with Crippen LogP contribution in [0.1, 0.15) is 133 Å². The summed E-state index contributed by atoms with van der Waals surface area (Å²) < 4.78 is 24.3. The van der Waals surface area contributed by atoms with Gasteiger partial charge in [0.2, 0.25) is 0 Å². The maximum atomic E-state index is 12.8. The van der Waals surface area contributed by atoms with Crippen molar-refractivity contribution in [2.75, 3.05) is 59.7 Å². The van der Waals surface area contributed by atoms with Gasteiger partial charge in [0.1, 0.15) is 17.1 Å². The van der Waals surface area contributed by atoms with E-state index in [1.165, 1.54) is 86.8 Å². The third kappa shape index (κ3) is 7.06. The zero-order valence-electron chi connectivity index (χ0n) is 38.6. The third-order valence-corrected chi connectivity index (χ3v) is 18.2. The molecule has 344 valence electrons. The van der Waals surface area contributed by atoms with Crippen molar-refractivity contribution >= 4 is 6.09 Å². The Bertz CT molecular complexity index is 2050. The maximum absolute atomic E-state index is 12.8. The number of likely N-dealkylation sites (tertiary alicyclic amines) is 2. The van der Waals surface area contributed by atoms with E-state index >= 15 is 0 Å². The molecule has 8 bridgehead atoms.